The van der Waals surface area contributed by atoms with Gasteiger partial charge in [0.1, 0.15) is 24.1 Å². The van der Waals surface area contributed by atoms with Crippen molar-refractivity contribution in [2.75, 3.05) is 103 Å². The van der Waals surface area contributed by atoms with E-state index < -0.39 is 11.9 Å². The molecule has 7 rings (SSSR count). The van der Waals surface area contributed by atoms with Crippen molar-refractivity contribution in [3.05, 3.63) is 125 Å². The summed E-state index contributed by atoms with van der Waals surface area (Å²) in [5.74, 6) is 0.130. The minimum Gasteiger partial charge on any atom is -0.508 e. The van der Waals surface area contributed by atoms with Crippen LogP contribution in [-0.2, 0) is 44.7 Å². The summed E-state index contributed by atoms with van der Waals surface area (Å²) in [7, 11) is 0. The molecule has 4 aromatic rings. The maximum atomic E-state index is 13.0. The normalized spacial score (nSPS) is 16.5. The van der Waals surface area contributed by atoms with E-state index in [1.807, 2.05) is 47.4 Å². The summed E-state index contributed by atoms with van der Waals surface area (Å²) in [5, 5.41) is 15.1. The van der Waals surface area contributed by atoms with E-state index in [-0.39, 0.29) is 61.8 Å². The van der Waals surface area contributed by atoms with Crippen LogP contribution in [0, 0.1) is 0 Å². The summed E-state index contributed by atoms with van der Waals surface area (Å²) in [6.07, 6.45) is 1.53. The number of nitrogens with one attached hydrogen (secondary N) is 2. The van der Waals surface area contributed by atoms with Crippen LogP contribution in [0.25, 0.3) is 11.1 Å². The molecule has 1 unspecified atom stereocenters. The minimum absolute atomic E-state index is 0.0764. The molecule has 3 aliphatic heterocycles. The van der Waals surface area contributed by atoms with Crippen LogP contribution in [0.1, 0.15) is 64.7 Å². The molecule has 2 saturated heterocycles. The number of phenols is 1. The van der Waals surface area contributed by atoms with Crippen LogP contribution >= 0.6 is 11.6 Å². The molecule has 2 fully saturated rings. The standard InChI is InChI=1S/C53H62ClN5O11/c54-22-19-43(38-5-2-1-3-6-38)51(39-9-13-41(60)14-10-39)40-11-15-42(16-12-40)70-30-27-57-23-25-58(26-24-57)50(63)21-29-67-32-34-69-36-35-68-33-31-66-28-20-49(62)55-46-8-4-7-44-45(46)37-59(53(44)65)47-17-18-48(61)56-52(47)64/h1-16,47,60H,17-37H2,(H,55,62)(H,56,61,64). The fourth-order valence-corrected chi connectivity index (χ4v) is 8.87. The van der Waals surface area contributed by atoms with Gasteiger partial charge in [-0.3, -0.25) is 34.2 Å². The van der Waals surface area contributed by atoms with Crippen molar-refractivity contribution in [1.29, 1.82) is 0 Å². The first kappa shape index (κ1) is 51.7. The summed E-state index contributed by atoms with van der Waals surface area (Å²) in [6, 6.07) is 29.9. The van der Waals surface area contributed by atoms with E-state index >= 15 is 0 Å². The third-order valence-corrected chi connectivity index (χ3v) is 12.6. The number of fused-ring (bicyclic) bond motifs is 1. The van der Waals surface area contributed by atoms with Gasteiger partial charge >= 0.3 is 0 Å². The van der Waals surface area contributed by atoms with Gasteiger partial charge in [0.15, 0.2) is 0 Å². The Morgan fingerprint density at radius 2 is 1.31 bits per heavy atom. The van der Waals surface area contributed by atoms with Crippen molar-refractivity contribution >= 4 is 58.0 Å². The Morgan fingerprint density at radius 1 is 0.686 bits per heavy atom. The highest BCUT2D eigenvalue weighted by Gasteiger charge is 2.40. The molecule has 3 aliphatic rings. The predicted molar refractivity (Wildman–Crippen MR) is 264 cm³/mol. The van der Waals surface area contributed by atoms with Gasteiger partial charge in [-0.25, -0.2) is 0 Å². The summed E-state index contributed by atoms with van der Waals surface area (Å²) < 4.78 is 28.5. The predicted octanol–water partition coefficient (Wildman–Crippen LogP) is 5.75. The molecule has 372 valence electrons. The second-order valence-electron chi connectivity index (χ2n) is 17.0. The summed E-state index contributed by atoms with van der Waals surface area (Å²) in [4.78, 5) is 68.1. The van der Waals surface area contributed by atoms with Crippen LogP contribution in [0.15, 0.2) is 97.1 Å². The number of piperazine rings is 1. The number of rotatable bonds is 26. The third kappa shape index (κ3) is 14.7. The molecular weight excluding hydrogens is 918 g/mol. The first-order valence-corrected chi connectivity index (χ1v) is 24.5. The molecular formula is C53H62ClN5O11. The lowest BCUT2D eigenvalue weighted by Gasteiger charge is -2.34. The number of benzene rings is 4. The quantitative estimate of drug-likeness (QED) is 0.0300. The Hall–Kier alpha value is -6.14. The van der Waals surface area contributed by atoms with Crippen molar-refractivity contribution in [3.8, 4) is 11.5 Å². The molecule has 0 aliphatic carbocycles. The first-order valence-electron chi connectivity index (χ1n) is 23.9. The van der Waals surface area contributed by atoms with Crippen molar-refractivity contribution < 1.29 is 52.8 Å². The van der Waals surface area contributed by atoms with Gasteiger partial charge in [0.05, 0.1) is 65.7 Å². The molecule has 1 atom stereocenters. The molecule has 17 heteroatoms. The number of imide groups is 1. The topological polar surface area (TPSA) is 186 Å². The lowest BCUT2D eigenvalue weighted by molar-refractivity contribution is -0.137. The molecule has 0 bridgehead atoms. The number of anilines is 1. The van der Waals surface area contributed by atoms with Gasteiger partial charge < -0.3 is 43.9 Å². The van der Waals surface area contributed by atoms with Gasteiger partial charge in [-0.2, -0.15) is 0 Å². The first-order chi connectivity index (χ1) is 34.2. The number of hydrogen-bond acceptors (Lipinski definition) is 12. The molecule has 0 radical (unpaired) electrons. The Morgan fingerprint density at radius 3 is 1.96 bits per heavy atom. The number of allylic oxidation sites excluding steroid dienone is 1. The van der Waals surface area contributed by atoms with Gasteiger partial charge in [-0.15, -0.1) is 11.6 Å². The monoisotopic (exact) mass is 979 g/mol. The molecule has 5 amide bonds. The number of piperidine rings is 1. The fraction of sp³-hybridized carbons (Fsp3) is 0.415. The number of carbonyl (C=O) groups is 5. The van der Waals surface area contributed by atoms with E-state index in [1.165, 1.54) is 4.90 Å². The second kappa shape index (κ2) is 26.7. The summed E-state index contributed by atoms with van der Waals surface area (Å²) in [6.45, 7) is 6.94. The zero-order valence-electron chi connectivity index (χ0n) is 39.4. The molecule has 3 heterocycles. The molecule has 4 aromatic carbocycles. The van der Waals surface area contributed by atoms with Crippen molar-refractivity contribution in [2.45, 2.75) is 44.7 Å². The molecule has 70 heavy (non-hydrogen) atoms. The SMILES string of the molecule is O=C1CCC(N2Cc3c(NC(=O)CCOCCOCCOCCOCCC(=O)N4CCN(CCOc5ccc(C(=C(CCCl)c6ccccc6)c6ccc(O)cc6)cc5)CC4)cccc3C2=O)C(=O)N1. The fourth-order valence-electron chi connectivity index (χ4n) is 8.68. The highest BCUT2D eigenvalue weighted by atomic mass is 35.5. The number of aromatic hydroxyl groups is 1. The zero-order chi connectivity index (χ0) is 49.1. The molecule has 3 N–H and O–H groups in total. The van der Waals surface area contributed by atoms with Crippen molar-refractivity contribution in [1.82, 2.24) is 20.0 Å². The number of amides is 5. The Bertz CT molecular complexity index is 2410. The van der Waals surface area contributed by atoms with E-state index in [0.717, 1.165) is 53.2 Å². The van der Waals surface area contributed by atoms with E-state index in [1.54, 1.807) is 30.3 Å². The Kier molecular flexibility index (Phi) is 19.7. The van der Waals surface area contributed by atoms with E-state index in [9.17, 15) is 29.1 Å². The van der Waals surface area contributed by atoms with Crippen LogP contribution in [-0.4, -0.2) is 153 Å². The average Bonchev–Trinajstić information content (AvgIpc) is 3.71. The number of alkyl halides is 1. The third-order valence-electron chi connectivity index (χ3n) is 12.4. The van der Waals surface area contributed by atoms with Crippen LogP contribution in [0.2, 0.25) is 0 Å². The van der Waals surface area contributed by atoms with E-state index in [0.29, 0.717) is 101 Å². The highest BCUT2D eigenvalue weighted by Crippen LogP contribution is 2.36. The maximum Gasteiger partial charge on any atom is 0.255 e. The average molecular weight is 981 g/mol. The van der Waals surface area contributed by atoms with Crippen LogP contribution in [0.4, 0.5) is 5.69 Å². The van der Waals surface area contributed by atoms with Crippen LogP contribution in [0.5, 0.6) is 11.5 Å². The lowest BCUT2D eigenvalue weighted by atomic mass is 9.88. The highest BCUT2D eigenvalue weighted by molar-refractivity contribution is 6.18. The summed E-state index contributed by atoms with van der Waals surface area (Å²) in [5.41, 5.74) is 6.88. The maximum absolute atomic E-state index is 13.0. The number of phenolic OH excluding ortho intramolecular Hbond substituents is 1. The number of halogens is 1. The number of ether oxygens (including phenoxy) is 5. The largest absolute Gasteiger partial charge is 0.508 e. The number of hydrogen-bond donors (Lipinski definition) is 3. The van der Waals surface area contributed by atoms with Crippen molar-refractivity contribution in [3.63, 3.8) is 0 Å². The van der Waals surface area contributed by atoms with Gasteiger partial charge in [0, 0.05) is 68.4 Å². The molecule has 0 aromatic heterocycles. The van der Waals surface area contributed by atoms with Crippen molar-refractivity contribution in [2.24, 2.45) is 0 Å². The lowest BCUT2D eigenvalue weighted by Crippen LogP contribution is -2.52. The Labute approximate surface area is 413 Å². The van der Waals surface area contributed by atoms with E-state index in [2.05, 4.69) is 39.8 Å². The van der Waals surface area contributed by atoms with Crippen LogP contribution in [0.3, 0.4) is 0 Å². The van der Waals surface area contributed by atoms with Gasteiger partial charge in [0.2, 0.25) is 23.6 Å². The molecule has 0 spiro atoms. The minimum atomic E-state index is -0.731. The number of nitrogens with zero attached hydrogens (tertiary/aromatic N) is 3. The molecule has 0 saturated carbocycles. The van der Waals surface area contributed by atoms with Gasteiger partial charge in [0.25, 0.3) is 5.91 Å². The number of carbonyl (C=O) groups excluding carboxylic acids is 5. The smallest absolute Gasteiger partial charge is 0.255 e. The Balaban J connectivity index is 0.688. The van der Waals surface area contributed by atoms with Gasteiger partial charge in [-0.1, -0.05) is 60.7 Å². The van der Waals surface area contributed by atoms with Crippen LogP contribution < -0.4 is 15.4 Å². The van der Waals surface area contributed by atoms with Gasteiger partial charge in [-0.05, 0) is 77.1 Å². The molecule has 16 nitrogen and oxygen atoms in total. The summed E-state index contributed by atoms with van der Waals surface area (Å²) >= 11 is 6.31. The van der Waals surface area contributed by atoms with E-state index in [4.69, 9.17) is 35.3 Å². The second-order valence-corrected chi connectivity index (χ2v) is 17.4. The zero-order valence-corrected chi connectivity index (χ0v) is 40.2.